The lowest BCUT2D eigenvalue weighted by Gasteiger charge is -2.29. The summed E-state index contributed by atoms with van der Waals surface area (Å²) in [5, 5.41) is 21.9. The number of nitrogens with one attached hydrogen (secondary N) is 2. The van der Waals surface area contributed by atoms with Crippen LogP contribution in [0.15, 0.2) is 113 Å². The van der Waals surface area contributed by atoms with Crippen LogP contribution in [0.25, 0.3) is 31.3 Å². The molecule has 0 bridgehead atoms. The molecule has 7 rings (SSSR count). The number of thiophene rings is 1. The van der Waals surface area contributed by atoms with Crippen LogP contribution in [-0.4, -0.2) is 39.7 Å². The fraction of sp³-hybridized carbons (Fsp3) is 0.250. The monoisotopic (exact) mass is 687 g/mol. The SMILES string of the molecule is Bc1c(B)c(-c2ccccc2)c2c(sc3c(C)c(/C(C)=N/C(NC(NC)c4ccccc4)C4=CC=C(C5C=CC=CC5)CC4)c(O)c(C)c32)c1C. The first-order valence-corrected chi connectivity index (χ1v) is 19.0. The molecule has 3 N–H and O–H groups in total. The molecule has 4 nitrogen and oxygen atoms in total. The number of hydrogen-bond acceptors (Lipinski definition) is 5. The van der Waals surface area contributed by atoms with E-state index in [1.807, 2.05) is 24.5 Å². The van der Waals surface area contributed by atoms with Crippen LogP contribution in [0.1, 0.15) is 60.2 Å². The number of aromatic hydroxyl groups is 1. The summed E-state index contributed by atoms with van der Waals surface area (Å²) in [6, 6.07) is 21.2. The van der Waals surface area contributed by atoms with E-state index in [1.54, 1.807) is 0 Å². The molecule has 4 aromatic carbocycles. The lowest BCUT2D eigenvalue weighted by molar-refractivity contribution is 0.425. The molecule has 0 radical (unpaired) electrons. The van der Waals surface area contributed by atoms with Gasteiger partial charge in [-0.2, -0.15) is 0 Å². The van der Waals surface area contributed by atoms with Crippen LogP contribution in [0.2, 0.25) is 0 Å². The predicted molar refractivity (Wildman–Crippen MR) is 226 cm³/mol. The summed E-state index contributed by atoms with van der Waals surface area (Å²) in [5.41, 5.74) is 13.9. The van der Waals surface area contributed by atoms with Crippen molar-refractivity contribution in [3.8, 4) is 16.9 Å². The minimum absolute atomic E-state index is 0.0993. The highest BCUT2D eigenvalue weighted by Crippen LogP contribution is 2.47. The molecule has 5 aromatic rings. The van der Waals surface area contributed by atoms with Gasteiger partial charge in [0.1, 0.15) is 27.6 Å². The first-order chi connectivity index (χ1) is 24.7. The van der Waals surface area contributed by atoms with E-state index in [4.69, 9.17) is 4.99 Å². The third-order valence-corrected chi connectivity index (χ3v) is 12.6. The van der Waals surface area contributed by atoms with Crippen molar-refractivity contribution in [3.63, 3.8) is 0 Å². The van der Waals surface area contributed by atoms with E-state index in [0.29, 0.717) is 11.7 Å². The summed E-state index contributed by atoms with van der Waals surface area (Å²) in [5.74, 6) is 0.785. The van der Waals surface area contributed by atoms with Gasteiger partial charge in [0, 0.05) is 42.9 Å². The van der Waals surface area contributed by atoms with E-state index in [1.165, 1.54) is 53.5 Å². The van der Waals surface area contributed by atoms with Gasteiger partial charge in [-0.1, -0.05) is 114 Å². The van der Waals surface area contributed by atoms with Gasteiger partial charge in [-0.3, -0.25) is 10.3 Å². The lowest BCUT2D eigenvalue weighted by Crippen LogP contribution is -2.40. The molecule has 0 saturated carbocycles. The standard InChI is InChI=1S/C44H47B2N3OS/c1-25-35-37-36(31-17-11-7-12-18-31)39(46)38(45)27(3)42(37)51-41(35)26(2)34(40(25)50)28(4)48-44(49-43(47-5)32-19-13-8-14-20-32)33-23-21-30(22-24-33)29-15-9-6-10-16-29/h6-15,17-21,23,29,43-44,47,49-50H,16,22,24,45-46H2,1-5H3/b48-28+. The summed E-state index contributed by atoms with van der Waals surface area (Å²) in [4.78, 5) is 5.44. The van der Waals surface area contributed by atoms with E-state index in [0.717, 1.165) is 52.6 Å². The summed E-state index contributed by atoms with van der Waals surface area (Å²) in [7, 11) is 6.46. The van der Waals surface area contributed by atoms with E-state index >= 15 is 0 Å². The molecular weight excluding hydrogens is 640 g/mol. The quantitative estimate of drug-likeness (QED) is 0.0868. The molecule has 3 unspecified atom stereocenters. The van der Waals surface area contributed by atoms with Crippen molar-refractivity contribution in [3.05, 3.63) is 136 Å². The Hall–Kier alpha value is -4.42. The molecule has 0 fully saturated rings. The van der Waals surface area contributed by atoms with Crippen molar-refractivity contribution in [2.45, 2.75) is 59.3 Å². The number of allylic oxidation sites excluding steroid dienone is 7. The van der Waals surface area contributed by atoms with Gasteiger partial charge in [-0.15, -0.1) is 11.3 Å². The molecule has 0 amide bonds. The second-order valence-corrected chi connectivity index (χ2v) is 15.2. The minimum Gasteiger partial charge on any atom is -0.507 e. The van der Waals surface area contributed by atoms with Gasteiger partial charge in [0.25, 0.3) is 0 Å². The molecule has 7 heteroatoms. The first-order valence-electron chi connectivity index (χ1n) is 18.2. The number of fused-ring (bicyclic) bond motifs is 3. The van der Waals surface area contributed by atoms with Gasteiger partial charge in [0.15, 0.2) is 0 Å². The second kappa shape index (κ2) is 14.7. The number of aliphatic imine (C=N–C) groups is 1. The zero-order valence-electron chi connectivity index (χ0n) is 30.9. The Kier molecular flexibility index (Phi) is 10.1. The Labute approximate surface area is 308 Å². The highest BCUT2D eigenvalue weighted by molar-refractivity contribution is 7.26. The molecule has 51 heavy (non-hydrogen) atoms. The minimum atomic E-state index is -0.281. The molecule has 1 heterocycles. The molecule has 2 aliphatic rings. The topological polar surface area (TPSA) is 56.7 Å². The number of nitrogens with zero attached hydrogens (tertiary/aromatic N) is 1. The summed E-state index contributed by atoms with van der Waals surface area (Å²) < 4.78 is 2.51. The van der Waals surface area contributed by atoms with Crippen LogP contribution in [0.3, 0.4) is 0 Å². The zero-order chi connectivity index (χ0) is 35.8. The zero-order valence-corrected chi connectivity index (χ0v) is 31.7. The van der Waals surface area contributed by atoms with Gasteiger partial charge in [-0.25, -0.2) is 0 Å². The molecule has 0 spiro atoms. The maximum atomic E-state index is 12.1. The normalized spacial score (nSPS) is 17.5. The lowest BCUT2D eigenvalue weighted by atomic mass is 9.72. The summed E-state index contributed by atoms with van der Waals surface area (Å²) in [6.45, 7) is 8.54. The fourth-order valence-corrected chi connectivity index (χ4v) is 9.51. The van der Waals surface area contributed by atoms with Crippen molar-refractivity contribution in [2.24, 2.45) is 10.9 Å². The predicted octanol–water partition coefficient (Wildman–Crippen LogP) is 7.29. The molecule has 3 atom stereocenters. The van der Waals surface area contributed by atoms with Gasteiger partial charge in [0.2, 0.25) is 0 Å². The largest absolute Gasteiger partial charge is 0.507 e. The van der Waals surface area contributed by atoms with Gasteiger partial charge in [-0.05, 0) is 87.4 Å². The Morgan fingerprint density at radius 1 is 0.863 bits per heavy atom. The van der Waals surface area contributed by atoms with Crippen LogP contribution >= 0.6 is 11.3 Å². The fourth-order valence-electron chi connectivity index (χ4n) is 8.08. The van der Waals surface area contributed by atoms with Crippen LogP contribution < -0.4 is 21.6 Å². The highest BCUT2D eigenvalue weighted by atomic mass is 32.1. The Balaban J connectivity index is 1.37. The van der Waals surface area contributed by atoms with E-state index < -0.39 is 0 Å². The third-order valence-electron chi connectivity index (χ3n) is 11.2. The maximum absolute atomic E-state index is 12.1. The number of benzene rings is 4. The summed E-state index contributed by atoms with van der Waals surface area (Å²) in [6.07, 6.45) is 16.1. The molecule has 256 valence electrons. The molecule has 2 aliphatic carbocycles. The van der Waals surface area contributed by atoms with Gasteiger partial charge in [0.05, 0.1) is 6.17 Å². The van der Waals surface area contributed by atoms with E-state index in [9.17, 15) is 5.11 Å². The number of rotatable bonds is 9. The Morgan fingerprint density at radius 3 is 2.22 bits per heavy atom. The summed E-state index contributed by atoms with van der Waals surface area (Å²) >= 11 is 1.85. The van der Waals surface area contributed by atoms with Gasteiger partial charge < -0.3 is 10.4 Å². The molecule has 1 aromatic heterocycles. The average molecular weight is 688 g/mol. The number of phenolic OH excluding ortho intramolecular Hbond substituents is 1. The molecule has 0 aliphatic heterocycles. The van der Waals surface area contributed by atoms with Crippen molar-refractivity contribution >= 4 is 63.8 Å². The Morgan fingerprint density at radius 2 is 1.57 bits per heavy atom. The van der Waals surface area contributed by atoms with Crippen LogP contribution in [0, 0.1) is 26.7 Å². The molecular formula is C44H47B2N3OS. The maximum Gasteiger partial charge on any atom is 0.139 e. The van der Waals surface area contributed by atoms with Gasteiger partial charge >= 0.3 is 0 Å². The van der Waals surface area contributed by atoms with Crippen molar-refractivity contribution < 1.29 is 5.11 Å². The van der Waals surface area contributed by atoms with Crippen molar-refractivity contribution in [1.82, 2.24) is 10.6 Å². The highest BCUT2D eigenvalue weighted by Gasteiger charge is 2.27. The van der Waals surface area contributed by atoms with Crippen molar-refractivity contribution in [1.29, 1.82) is 0 Å². The smallest absolute Gasteiger partial charge is 0.139 e. The number of hydrogen-bond donors (Lipinski definition) is 3. The van der Waals surface area contributed by atoms with Crippen molar-refractivity contribution in [2.75, 3.05) is 7.05 Å². The van der Waals surface area contributed by atoms with E-state index in [-0.39, 0.29) is 12.3 Å². The number of phenols is 1. The van der Waals surface area contributed by atoms with E-state index in [2.05, 4.69) is 145 Å². The first kappa shape index (κ1) is 35.0. The Bertz CT molecular complexity index is 2280. The van der Waals surface area contributed by atoms with Crippen LogP contribution in [-0.2, 0) is 0 Å². The average Bonchev–Trinajstić information content (AvgIpc) is 3.57. The van der Waals surface area contributed by atoms with Crippen LogP contribution in [0.4, 0.5) is 0 Å². The molecule has 0 saturated heterocycles. The second-order valence-electron chi connectivity index (χ2n) is 14.2. The van der Waals surface area contributed by atoms with Crippen LogP contribution in [0.5, 0.6) is 5.75 Å². The third kappa shape index (κ3) is 6.48. The number of aryl methyl sites for hydroxylation is 3.